The fraction of sp³-hybridized carbons (Fsp3) is 0.333. The monoisotopic (exact) mass is 374 g/mol. The van der Waals surface area contributed by atoms with Crippen LogP contribution in [0.1, 0.15) is 23.4 Å². The van der Waals surface area contributed by atoms with Gasteiger partial charge in [-0.25, -0.2) is 4.68 Å². The molecule has 0 aliphatic heterocycles. The van der Waals surface area contributed by atoms with Crippen LogP contribution < -0.4 is 10.9 Å². The van der Waals surface area contributed by atoms with Gasteiger partial charge < -0.3 is 9.84 Å². The third kappa shape index (κ3) is 3.94. The summed E-state index contributed by atoms with van der Waals surface area (Å²) in [4.78, 5) is 24.4. The van der Waals surface area contributed by atoms with Crippen molar-refractivity contribution in [2.75, 3.05) is 6.54 Å². The average Bonchev–Trinajstić information content (AvgIpc) is 3.01. The number of amides is 1. The van der Waals surface area contributed by atoms with Gasteiger partial charge in [-0.15, -0.1) is 0 Å². The standard InChI is InChI=1S/C18H19ClN4O3/c1-11-16-12(2)26-22-17(16)18(25)23(21-11)10-8-15(24)20-9-7-13-3-5-14(19)6-4-13/h3-6H,7-10H2,1-2H3,(H,20,24). The van der Waals surface area contributed by atoms with Gasteiger partial charge in [-0.3, -0.25) is 9.59 Å². The highest BCUT2D eigenvalue weighted by Gasteiger charge is 2.15. The van der Waals surface area contributed by atoms with E-state index in [1.54, 1.807) is 13.8 Å². The molecule has 0 radical (unpaired) electrons. The second kappa shape index (κ2) is 7.70. The number of aryl methyl sites for hydroxylation is 3. The van der Waals surface area contributed by atoms with Crippen LogP contribution in [0, 0.1) is 13.8 Å². The molecule has 0 aliphatic rings. The minimum absolute atomic E-state index is 0.137. The van der Waals surface area contributed by atoms with Gasteiger partial charge in [-0.05, 0) is 38.0 Å². The first-order valence-corrected chi connectivity index (χ1v) is 8.68. The molecule has 0 saturated heterocycles. The molecule has 136 valence electrons. The van der Waals surface area contributed by atoms with Crippen LogP contribution in [0.5, 0.6) is 0 Å². The number of benzene rings is 1. The van der Waals surface area contributed by atoms with Crippen LogP contribution in [0.2, 0.25) is 5.02 Å². The second-order valence-electron chi connectivity index (χ2n) is 6.05. The molecule has 8 heteroatoms. The van der Waals surface area contributed by atoms with Crippen LogP contribution in [0.15, 0.2) is 33.6 Å². The zero-order chi connectivity index (χ0) is 18.7. The zero-order valence-corrected chi connectivity index (χ0v) is 15.3. The number of nitrogens with one attached hydrogen (secondary N) is 1. The van der Waals surface area contributed by atoms with E-state index in [0.29, 0.717) is 34.8 Å². The molecule has 3 rings (SSSR count). The smallest absolute Gasteiger partial charge is 0.296 e. The number of nitrogens with zero attached hydrogens (tertiary/aromatic N) is 3. The van der Waals surface area contributed by atoms with Crippen LogP contribution in [0.25, 0.3) is 10.9 Å². The topological polar surface area (TPSA) is 90.0 Å². The van der Waals surface area contributed by atoms with E-state index in [1.165, 1.54) is 4.68 Å². The maximum Gasteiger partial charge on any atom is 0.296 e. The van der Waals surface area contributed by atoms with Crippen molar-refractivity contribution in [3.8, 4) is 0 Å². The molecular weight excluding hydrogens is 356 g/mol. The Bertz CT molecular complexity index is 992. The number of rotatable bonds is 6. The highest BCUT2D eigenvalue weighted by atomic mass is 35.5. The molecule has 0 unspecified atom stereocenters. The first kappa shape index (κ1) is 18.1. The molecule has 0 saturated carbocycles. The summed E-state index contributed by atoms with van der Waals surface area (Å²) in [5.74, 6) is 0.427. The molecule has 2 heterocycles. The Kier molecular flexibility index (Phi) is 5.37. The maximum atomic E-state index is 12.4. The lowest BCUT2D eigenvalue weighted by atomic mass is 10.1. The normalized spacial score (nSPS) is 11.0. The lowest BCUT2D eigenvalue weighted by Gasteiger charge is -2.07. The quantitative estimate of drug-likeness (QED) is 0.715. The van der Waals surface area contributed by atoms with Gasteiger partial charge in [-0.2, -0.15) is 5.10 Å². The van der Waals surface area contributed by atoms with E-state index in [2.05, 4.69) is 15.6 Å². The first-order chi connectivity index (χ1) is 12.5. The Morgan fingerprint density at radius 1 is 1.27 bits per heavy atom. The first-order valence-electron chi connectivity index (χ1n) is 8.30. The van der Waals surface area contributed by atoms with Crippen molar-refractivity contribution in [2.24, 2.45) is 0 Å². The number of fused-ring (bicyclic) bond motifs is 1. The maximum absolute atomic E-state index is 12.4. The van der Waals surface area contributed by atoms with Gasteiger partial charge in [0.25, 0.3) is 5.56 Å². The third-order valence-corrected chi connectivity index (χ3v) is 4.38. The van der Waals surface area contributed by atoms with Crippen LogP contribution in [-0.4, -0.2) is 27.4 Å². The van der Waals surface area contributed by atoms with E-state index >= 15 is 0 Å². The van der Waals surface area contributed by atoms with E-state index in [-0.39, 0.29) is 29.9 Å². The van der Waals surface area contributed by atoms with E-state index in [4.69, 9.17) is 16.1 Å². The van der Waals surface area contributed by atoms with E-state index < -0.39 is 0 Å². The Morgan fingerprint density at radius 2 is 2.00 bits per heavy atom. The fourth-order valence-corrected chi connectivity index (χ4v) is 2.91. The largest absolute Gasteiger partial charge is 0.360 e. The molecular formula is C18H19ClN4O3. The molecule has 0 bridgehead atoms. The minimum Gasteiger partial charge on any atom is -0.360 e. The number of hydrogen-bond acceptors (Lipinski definition) is 5. The van der Waals surface area contributed by atoms with Crippen molar-refractivity contribution < 1.29 is 9.32 Å². The lowest BCUT2D eigenvalue weighted by molar-refractivity contribution is -0.121. The molecule has 1 N–H and O–H groups in total. The van der Waals surface area contributed by atoms with Crippen LogP contribution >= 0.6 is 11.6 Å². The number of hydrogen-bond donors (Lipinski definition) is 1. The molecule has 0 spiro atoms. The Morgan fingerprint density at radius 3 is 2.73 bits per heavy atom. The van der Waals surface area contributed by atoms with Crippen LogP contribution in [-0.2, 0) is 17.8 Å². The van der Waals surface area contributed by atoms with Gasteiger partial charge in [0.05, 0.1) is 17.6 Å². The molecule has 1 amide bonds. The SMILES string of the molecule is Cc1nn(CCC(=O)NCCc2ccc(Cl)cc2)c(=O)c2noc(C)c12. The molecule has 1 aromatic carbocycles. The van der Waals surface area contributed by atoms with E-state index in [9.17, 15) is 9.59 Å². The van der Waals surface area contributed by atoms with E-state index in [1.807, 2.05) is 24.3 Å². The van der Waals surface area contributed by atoms with Gasteiger partial charge in [0, 0.05) is 18.0 Å². The predicted molar refractivity (Wildman–Crippen MR) is 98.3 cm³/mol. The number of carbonyl (C=O) groups is 1. The highest BCUT2D eigenvalue weighted by Crippen LogP contribution is 2.16. The van der Waals surface area contributed by atoms with Gasteiger partial charge >= 0.3 is 0 Å². The molecule has 0 atom stereocenters. The summed E-state index contributed by atoms with van der Waals surface area (Å²) in [7, 11) is 0. The Labute approximate surface area is 154 Å². The summed E-state index contributed by atoms with van der Waals surface area (Å²) >= 11 is 5.84. The Balaban J connectivity index is 1.56. The van der Waals surface area contributed by atoms with Crippen LogP contribution in [0.3, 0.4) is 0 Å². The predicted octanol–water partition coefficient (Wildman–Crippen LogP) is 2.40. The molecule has 7 nitrogen and oxygen atoms in total. The summed E-state index contributed by atoms with van der Waals surface area (Å²) in [6.07, 6.45) is 0.875. The molecule has 2 aromatic heterocycles. The second-order valence-corrected chi connectivity index (χ2v) is 6.49. The van der Waals surface area contributed by atoms with Crippen molar-refractivity contribution in [1.82, 2.24) is 20.3 Å². The van der Waals surface area contributed by atoms with E-state index in [0.717, 1.165) is 5.56 Å². The van der Waals surface area contributed by atoms with Gasteiger partial charge in [0.15, 0.2) is 5.52 Å². The Hall–Kier alpha value is -2.67. The molecule has 26 heavy (non-hydrogen) atoms. The summed E-state index contributed by atoms with van der Waals surface area (Å²) in [5.41, 5.74) is 1.64. The van der Waals surface area contributed by atoms with Crippen LogP contribution in [0.4, 0.5) is 0 Å². The molecule has 0 aliphatic carbocycles. The van der Waals surface area contributed by atoms with Gasteiger partial charge in [0.1, 0.15) is 5.76 Å². The van der Waals surface area contributed by atoms with Crippen molar-refractivity contribution in [3.63, 3.8) is 0 Å². The van der Waals surface area contributed by atoms with Gasteiger partial charge in [-0.1, -0.05) is 28.9 Å². The van der Waals surface area contributed by atoms with Crippen molar-refractivity contribution in [1.29, 1.82) is 0 Å². The summed E-state index contributed by atoms with van der Waals surface area (Å²) in [6.45, 7) is 4.23. The lowest BCUT2D eigenvalue weighted by Crippen LogP contribution is -2.30. The van der Waals surface area contributed by atoms with Gasteiger partial charge in [0.2, 0.25) is 5.91 Å². The average molecular weight is 375 g/mol. The van der Waals surface area contributed by atoms with Crippen molar-refractivity contribution in [2.45, 2.75) is 33.2 Å². The highest BCUT2D eigenvalue weighted by molar-refractivity contribution is 6.30. The molecule has 0 fully saturated rings. The summed E-state index contributed by atoms with van der Waals surface area (Å²) in [6, 6.07) is 7.49. The van der Waals surface area contributed by atoms with Crippen molar-refractivity contribution >= 4 is 28.4 Å². The molecule has 3 aromatic rings. The number of aromatic nitrogens is 3. The number of halogens is 1. The fourth-order valence-electron chi connectivity index (χ4n) is 2.79. The van der Waals surface area contributed by atoms with Crippen molar-refractivity contribution in [3.05, 3.63) is 56.7 Å². The summed E-state index contributed by atoms with van der Waals surface area (Å²) < 4.78 is 6.33. The third-order valence-electron chi connectivity index (χ3n) is 4.13. The number of carbonyl (C=O) groups excluding carboxylic acids is 1. The minimum atomic E-state index is -0.351. The summed E-state index contributed by atoms with van der Waals surface area (Å²) in [5, 5.41) is 12.2. The zero-order valence-electron chi connectivity index (χ0n) is 14.6.